The Morgan fingerprint density at radius 3 is 2.50 bits per heavy atom. The normalized spacial score (nSPS) is 10.2. The number of rotatable bonds is 7. The zero-order chi connectivity index (χ0) is 13.5. The summed E-state index contributed by atoms with van der Waals surface area (Å²) < 4.78 is 11.3. The van der Waals surface area contributed by atoms with Crippen LogP contribution in [0, 0.1) is 0 Å². The van der Waals surface area contributed by atoms with Gasteiger partial charge >= 0.3 is 0 Å². The molecule has 3 N–H and O–H groups in total. The number of methoxy groups -OCH3 is 2. The van der Waals surface area contributed by atoms with E-state index >= 15 is 0 Å². The number of hydrogen-bond donors (Lipinski definition) is 2. The van der Waals surface area contributed by atoms with E-state index in [1.165, 1.54) is 0 Å². The average molecular weight is 317 g/mol. The Hall–Kier alpha value is -1.27. The molecule has 0 fully saturated rings. The van der Waals surface area contributed by atoms with Gasteiger partial charge in [-0.3, -0.25) is 4.79 Å². The molecule has 0 radical (unpaired) electrons. The molecule has 0 unspecified atom stereocenters. The van der Waals surface area contributed by atoms with Crippen LogP contribution in [0.4, 0.5) is 0 Å². The number of carbonyl (C=O) groups is 1. The maximum atomic E-state index is 10.6. The number of benzene rings is 1. The number of primary amides is 1. The van der Waals surface area contributed by atoms with Crippen LogP contribution in [-0.4, -0.2) is 26.7 Å². The Bertz CT molecular complexity index is 424. The van der Waals surface area contributed by atoms with Crippen molar-refractivity contribution in [3.63, 3.8) is 0 Å². The van der Waals surface area contributed by atoms with Crippen LogP contribution in [0.15, 0.2) is 16.6 Å². The van der Waals surface area contributed by atoms with Gasteiger partial charge in [0.25, 0.3) is 0 Å². The number of ether oxygens (including phenoxy) is 2. The Morgan fingerprint density at radius 1 is 1.33 bits per heavy atom. The van der Waals surface area contributed by atoms with Gasteiger partial charge in [0, 0.05) is 24.0 Å². The predicted molar refractivity (Wildman–Crippen MR) is 72.8 cm³/mol. The molecule has 1 aromatic rings. The van der Waals surface area contributed by atoms with Gasteiger partial charge in [-0.2, -0.15) is 0 Å². The van der Waals surface area contributed by atoms with Gasteiger partial charge in [-0.05, 0) is 17.7 Å². The van der Waals surface area contributed by atoms with Crippen LogP contribution in [0.2, 0.25) is 0 Å². The molecule has 1 aromatic carbocycles. The molecule has 0 bridgehead atoms. The van der Waals surface area contributed by atoms with Gasteiger partial charge < -0.3 is 20.5 Å². The van der Waals surface area contributed by atoms with Crippen LogP contribution in [0.5, 0.6) is 11.5 Å². The first kappa shape index (κ1) is 14.8. The SMILES string of the molecule is COc1cc(Br)c(CNCCC(N)=O)cc1OC. The molecule has 6 heteroatoms. The van der Waals surface area contributed by atoms with Crippen LogP contribution >= 0.6 is 15.9 Å². The molecule has 0 saturated carbocycles. The fourth-order valence-electron chi connectivity index (χ4n) is 1.47. The molecule has 0 heterocycles. The van der Waals surface area contributed by atoms with Gasteiger partial charge in [0.05, 0.1) is 14.2 Å². The van der Waals surface area contributed by atoms with Gasteiger partial charge in [0.15, 0.2) is 11.5 Å². The summed E-state index contributed by atoms with van der Waals surface area (Å²) in [5, 5.41) is 3.14. The maximum absolute atomic E-state index is 10.6. The van der Waals surface area contributed by atoms with Crippen LogP contribution in [0.3, 0.4) is 0 Å². The highest BCUT2D eigenvalue weighted by molar-refractivity contribution is 9.10. The lowest BCUT2D eigenvalue weighted by Crippen LogP contribution is -2.21. The number of nitrogens with two attached hydrogens (primary N) is 1. The standard InChI is InChI=1S/C12H17BrN2O3/c1-17-10-5-8(7-15-4-3-12(14)16)9(13)6-11(10)18-2/h5-6,15H,3-4,7H2,1-2H3,(H2,14,16). The minimum atomic E-state index is -0.311. The smallest absolute Gasteiger partial charge is 0.218 e. The molecule has 1 rings (SSSR count). The van der Waals surface area contributed by atoms with E-state index in [1.807, 2.05) is 12.1 Å². The zero-order valence-electron chi connectivity index (χ0n) is 10.5. The van der Waals surface area contributed by atoms with Gasteiger partial charge in [0.1, 0.15) is 0 Å². The Balaban J connectivity index is 2.68. The summed E-state index contributed by atoms with van der Waals surface area (Å²) in [7, 11) is 3.19. The molecule has 5 nitrogen and oxygen atoms in total. The van der Waals surface area contributed by atoms with E-state index in [1.54, 1.807) is 14.2 Å². The van der Waals surface area contributed by atoms with E-state index in [-0.39, 0.29) is 5.91 Å². The molecular formula is C12H17BrN2O3. The van der Waals surface area contributed by atoms with Crippen molar-refractivity contribution in [1.82, 2.24) is 5.32 Å². The first-order chi connectivity index (χ1) is 8.58. The van der Waals surface area contributed by atoms with Crippen LogP contribution < -0.4 is 20.5 Å². The van der Waals surface area contributed by atoms with Gasteiger partial charge in [0.2, 0.25) is 5.91 Å². The molecule has 0 aromatic heterocycles. The molecule has 0 saturated heterocycles. The van der Waals surface area contributed by atoms with Crippen LogP contribution in [-0.2, 0) is 11.3 Å². The summed E-state index contributed by atoms with van der Waals surface area (Å²) in [6.45, 7) is 1.17. The first-order valence-electron chi connectivity index (χ1n) is 5.48. The molecule has 1 amide bonds. The molecule has 0 aliphatic heterocycles. The second-order valence-corrected chi connectivity index (χ2v) is 4.55. The third kappa shape index (κ3) is 4.19. The minimum Gasteiger partial charge on any atom is -0.493 e. The molecule has 0 spiro atoms. The fraction of sp³-hybridized carbons (Fsp3) is 0.417. The number of nitrogens with one attached hydrogen (secondary N) is 1. The van der Waals surface area contributed by atoms with Crippen LogP contribution in [0.25, 0.3) is 0 Å². The van der Waals surface area contributed by atoms with Crippen LogP contribution in [0.1, 0.15) is 12.0 Å². The topological polar surface area (TPSA) is 73.6 Å². The Kier molecular flexibility index (Phi) is 5.94. The lowest BCUT2D eigenvalue weighted by molar-refractivity contribution is -0.117. The van der Waals surface area contributed by atoms with E-state index in [4.69, 9.17) is 15.2 Å². The fourth-order valence-corrected chi connectivity index (χ4v) is 1.93. The van der Waals surface area contributed by atoms with Crippen molar-refractivity contribution >= 4 is 21.8 Å². The van der Waals surface area contributed by atoms with E-state index in [9.17, 15) is 4.79 Å². The first-order valence-corrected chi connectivity index (χ1v) is 6.27. The second kappa shape index (κ2) is 7.23. The number of amides is 1. The highest BCUT2D eigenvalue weighted by atomic mass is 79.9. The zero-order valence-corrected chi connectivity index (χ0v) is 12.0. The van der Waals surface area contributed by atoms with E-state index in [2.05, 4.69) is 21.2 Å². The quantitative estimate of drug-likeness (QED) is 0.746. The molecule has 0 aliphatic carbocycles. The molecule has 0 aliphatic rings. The Labute approximate surface area is 115 Å². The molecule has 100 valence electrons. The van der Waals surface area contributed by atoms with Crippen molar-refractivity contribution in [2.24, 2.45) is 5.73 Å². The van der Waals surface area contributed by atoms with Crippen molar-refractivity contribution in [3.05, 3.63) is 22.2 Å². The summed E-state index contributed by atoms with van der Waals surface area (Å²) in [6.07, 6.45) is 0.324. The number of halogens is 1. The predicted octanol–water partition coefficient (Wildman–Crippen LogP) is 1.43. The van der Waals surface area contributed by atoms with Crippen molar-refractivity contribution in [3.8, 4) is 11.5 Å². The Morgan fingerprint density at radius 2 is 1.94 bits per heavy atom. The summed E-state index contributed by atoms with van der Waals surface area (Å²) in [6, 6.07) is 3.74. The summed E-state index contributed by atoms with van der Waals surface area (Å²) >= 11 is 3.47. The third-order valence-electron chi connectivity index (χ3n) is 2.42. The molecule has 18 heavy (non-hydrogen) atoms. The average Bonchev–Trinajstić information content (AvgIpc) is 2.35. The van der Waals surface area contributed by atoms with E-state index < -0.39 is 0 Å². The van der Waals surface area contributed by atoms with Gasteiger partial charge in [-0.15, -0.1) is 0 Å². The third-order valence-corrected chi connectivity index (χ3v) is 3.15. The lowest BCUT2D eigenvalue weighted by Gasteiger charge is -2.12. The van der Waals surface area contributed by atoms with Crippen molar-refractivity contribution < 1.29 is 14.3 Å². The number of carbonyl (C=O) groups excluding carboxylic acids is 1. The van der Waals surface area contributed by atoms with E-state index in [0.717, 1.165) is 10.0 Å². The summed E-state index contributed by atoms with van der Waals surface area (Å²) in [5.74, 6) is 1.03. The van der Waals surface area contributed by atoms with Gasteiger partial charge in [-0.1, -0.05) is 15.9 Å². The lowest BCUT2D eigenvalue weighted by atomic mass is 10.2. The highest BCUT2D eigenvalue weighted by Crippen LogP contribution is 2.33. The van der Waals surface area contributed by atoms with Crippen molar-refractivity contribution in [1.29, 1.82) is 0 Å². The monoisotopic (exact) mass is 316 g/mol. The minimum absolute atomic E-state index is 0.311. The van der Waals surface area contributed by atoms with E-state index in [0.29, 0.717) is 31.0 Å². The summed E-state index contributed by atoms with van der Waals surface area (Å²) in [5.41, 5.74) is 6.09. The van der Waals surface area contributed by atoms with Crippen molar-refractivity contribution in [2.75, 3.05) is 20.8 Å². The van der Waals surface area contributed by atoms with Crippen molar-refractivity contribution in [2.45, 2.75) is 13.0 Å². The second-order valence-electron chi connectivity index (χ2n) is 3.69. The highest BCUT2D eigenvalue weighted by Gasteiger charge is 2.09. The largest absolute Gasteiger partial charge is 0.493 e. The summed E-state index contributed by atoms with van der Waals surface area (Å²) in [4.78, 5) is 10.6. The maximum Gasteiger partial charge on any atom is 0.218 e. The molecular weight excluding hydrogens is 300 g/mol. The molecule has 0 atom stereocenters. The number of hydrogen-bond acceptors (Lipinski definition) is 4. The van der Waals surface area contributed by atoms with Gasteiger partial charge in [-0.25, -0.2) is 0 Å².